The number of hydrogen-bond donors (Lipinski definition) is 2. The molecule has 0 radical (unpaired) electrons. The first-order chi connectivity index (χ1) is 10.1. The molecule has 2 rings (SSSR count). The largest absolute Gasteiger partial charge is 0.386 e. The molecule has 3 nitrogen and oxygen atoms in total. The van der Waals surface area contributed by atoms with Crippen molar-refractivity contribution in [2.45, 2.75) is 31.9 Å². The van der Waals surface area contributed by atoms with E-state index in [0.717, 1.165) is 12.0 Å². The van der Waals surface area contributed by atoms with Gasteiger partial charge in [0.05, 0.1) is 12.1 Å². The van der Waals surface area contributed by atoms with Crippen molar-refractivity contribution in [3.8, 4) is 0 Å². The average molecular weight is 324 g/mol. The standard InChI is InChI=1S/C16H18ClNO2S/c1-11(16(20)13-3-5-14(17)6-4-13)18-15(19)7-2-12-8-9-21-10-12/h3-6,8-11,16,20H,2,7H2,1H3,(H,18,19). The highest BCUT2D eigenvalue weighted by Crippen LogP contribution is 2.19. The molecule has 2 unspecified atom stereocenters. The van der Waals surface area contributed by atoms with Crippen molar-refractivity contribution in [3.05, 3.63) is 57.2 Å². The fourth-order valence-corrected chi connectivity index (χ4v) is 2.88. The summed E-state index contributed by atoms with van der Waals surface area (Å²) in [5.74, 6) is -0.0540. The van der Waals surface area contributed by atoms with E-state index in [0.29, 0.717) is 11.4 Å². The summed E-state index contributed by atoms with van der Waals surface area (Å²) in [7, 11) is 0. The van der Waals surface area contributed by atoms with Crippen LogP contribution in [-0.4, -0.2) is 17.1 Å². The summed E-state index contributed by atoms with van der Waals surface area (Å²) in [5.41, 5.74) is 1.91. The molecule has 2 atom stereocenters. The van der Waals surface area contributed by atoms with Crippen LogP contribution in [0, 0.1) is 0 Å². The first-order valence-electron chi connectivity index (χ1n) is 6.80. The predicted molar refractivity (Wildman–Crippen MR) is 86.7 cm³/mol. The second-order valence-electron chi connectivity index (χ2n) is 4.98. The summed E-state index contributed by atoms with van der Waals surface area (Å²) in [4.78, 5) is 11.9. The number of thiophene rings is 1. The molecule has 2 aromatic rings. The minimum atomic E-state index is -0.743. The van der Waals surface area contributed by atoms with Gasteiger partial charge >= 0.3 is 0 Å². The smallest absolute Gasteiger partial charge is 0.220 e. The molecule has 21 heavy (non-hydrogen) atoms. The van der Waals surface area contributed by atoms with Crippen LogP contribution in [0.2, 0.25) is 5.02 Å². The summed E-state index contributed by atoms with van der Waals surface area (Å²) in [6.07, 6.45) is 0.403. The number of rotatable bonds is 6. The Bertz CT molecular complexity index is 568. The summed E-state index contributed by atoms with van der Waals surface area (Å²) in [6.45, 7) is 1.79. The van der Waals surface area contributed by atoms with Crippen LogP contribution in [0.15, 0.2) is 41.1 Å². The van der Waals surface area contributed by atoms with Gasteiger partial charge in [-0.3, -0.25) is 4.79 Å². The fourth-order valence-electron chi connectivity index (χ4n) is 2.05. The van der Waals surface area contributed by atoms with Gasteiger partial charge in [0.25, 0.3) is 0 Å². The quantitative estimate of drug-likeness (QED) is 0.853. The van der Waals surface area contributed by atoms with Gasteiger partial charge in [0, 0.05) is 11.4 Å². The van der Waals surface area contributed by atoms with E-state index in [1.165, 1.54) is 5.56 Å². The van der Waals surface area contributed by atoms with E-state index in [4.69, 9.17) is 11.6 Å². The van der Waals surface area contributed by atoms with E-state index in [-0.39, 0.29) is 11.9 Å². The molecule has 0 aliphatic rings. The number of carbonyl (C=O) groups is 1. The van der Waals surface area contributed by atoms with Crippen molar-refractivity contribution in [3.63, 3.8) is 0 Å². The molecule has 0 fully saturated rings. The zero-order valence-corrected chi connectivity index (χ0v) is 13.3. The molecule has 0 bridgehead atoms. The van der Waals surface area contributed by atoms with Crippen LogP contribution in [-0.2, 0) is 11.2 Å². The van der Waals surface area contributed by atoms with Crippen LogP contribution in [0.1, 0.15) is 30.6 Å². The normalized spacial score (nSPS) is 13.7. The van der Waals surface area contributed by atoms with Crippen LogP contribution in [0.3, 0.4) is 0 Å². The second kappa shape index (κ2) is 7.59. The molecule has 0 saturated carbocycles. The molecule has 112 valence electrons. The molecule has 1 heterocycles. The van der Waals surface area contributed by atoms with E-state index in [1.807, 2.05) is 16.8 Å². The second-order valence-corrected chi connectivity index (χ2v) is 6.20. The molecular formula is C16H18ClNO2S. The van der Waals surface area contributed by atoms with Crippen molar-refractivity contribution in [2.24, 2.45) is 0 Å². The first kappa shape index (κ1) is 16.0. The molecule has 0 spiro atoms. The van der Waals surface area contributed by atoms with Crippen LogP contribution in [0.4, 0.5) is 0 Å². The molecule has 2 N–H and O–H groups in total. The molecule has 0 aliphatic heterocycles. The number of aliphatic hydroxyl groups is 1. The van der Waals surface area contributed by atoms with Crippen molar-refractivity contribution in [1.82, 2.24) is 5.32 Å². The third-order valence-corrected chi connectivity index (χ3v) is 4.28. The third-order valence-electron chi connectivity index (χ3n) is 3.29. The monoisotopic (exact) mass is 323 g/mol. The fraction of sp³-hybridized carbons (Fsp3) is 0.312. The van der Waals surface area contributed by atoms with Crippen LogP contribution >= 0.6 is 22.9 Å². The van der Waals surface area contributed by atoms with Gasteiger partial charge in [0.1, 0.15) is 0 Å². The molecule has 1 aromatic carbocycles. The summed E-state index contributed by atoms with van der Waals surface area (Å²) >= 11 is 7.45. The van der Waals surface area contributed by atoms with Crippen LogP contribution in [0.25, 0.3) is 0 Å². The highest BCUT2D eigenvalue weighted by Gasteiger charge is 2.18. The van der Waals surface area contributed by atoms with Gasteiger partial charge in [-0.1, -0.05) is 23.7 Å². The zero-order valence-electron chi connectivity index (χ0n) is 11.8. The molecule has 1 amide bonds. The van der Waals surface area contributed by atoms with E-state index in [9.17, 15) is 9.90 Å². The van der Waals surface area contributed by atoms with Crippen LogP contribution < -0.4 is 5.32 Å². The Morgan fingerprint density at radius 3 is 2.67 bits per heavy atom. The lowest BCUT2D eigenvalue weighted by Crippen LogP contribution is -2.37. The van der Waals surface area contributed by atoms with Crippen LogP contribution in [0.5, 0.6) is 0 Å². The van der Waals surface area contributed by atoms with E-state index >= 15 is 0 Å². The SMILES string of the molecule is CC(NC(=O)CCc1ccsc1)C(O)c1ccc(Cl)cc1. The van der Waals surface area contributed by atoms with E-state index < -0.39 is 6.10 Å². The Balaban J connectivity index is 1.83. The molecule has 0 saturated heterocycles. The Hall–Kier alpha value is -1.36. The maximum absolute atomic E-state index is 11.9. The summed E-state index contributed by atoms with van der Waals surface area (Å²) in [5, 5.41) is 17.7. The minimum absolute atomic E-state index is 0.0540. The summed E-state index contributed by atoms with van der Waals surface area (Å²) in [6, 6.07) is 8.66. The lowest BCUT2D eigenvalue weighted by atomic mass is 10.0. The van der Waals surface area contributed by atoms with Gasteiger partial charge in [-0.2, -0.15) is 11.3 Å². The molecule has 5 heteroatoms. The van der Waals surface area contributed by atoms with E-state index in [1.54, 1.807) is 42.5 Å². The Morgan fingerprint density at radius 2 is 2.05 bits per heavy atom. The van der Waals surface area contributed by atoms with Gasteiger partial charge in [-0.15, -0.1) is 0 Å². The lowest BCUT2D eigenvalue weighted by Gasteiger charge is -2.20. The highest BCUT2D eigenvalue weighted by atomic mass is 35.5. The topological polar surface area (TPSA) is 49.3 Å². The van der Waals surface area contributed by atoms with Gasteiger partial charge in [-0.25, -0.2) is 0 Å². The molecular weight excluding hydrogens is 306 g/mol. The highest BCUT2D eigenvalue weighted by molar-refractivity contribution is 7.07. The molecule has 0 aliphatic carbocycles. The lowest BCUT2D eigenvalue weighted by molar-refractivity contribution is -0.122. The van der Waals surface area contributed by atoms with Crippen molar-refractivity contribution < 1.29 is 9.90 Å². The Kier molecular flexibility index (Phi) is 5.79. The maximum atomic E-state index is 11.9. The number of carbonyl (C=O) groups excluding carboxylic acids is 1. The minimum Gasteiger partial charge on any atom is -0.386 e. The van der Waals surface area contributed by atoms with Gasteiger partial charge in [0.2, 0.25) is 5.91 Å². The van der Waals surface area contributed by atoms with Gasteiger partial charge in [0.15, 0.2) is 0 Å². The number of hydrogen-bond acceptors (Lipinski definition) is 3. The maximum Gasteiger partial charge on any atom is 0.220 e. The van der Waals surface area contributed by atoms with Gasteiger partial charge < -0.3 is 10.4 Å². The van der Waals surface area contributed by atoms with E-state index in [2.05, 4.69) is 5.32 Å². The third kappa shape index (κ3) is 4.84. The van der Waals surface area contributed by atoms with Crippen molar-refractivity contribution >= 4 is 28.8 Å². The predicted octanol–water partition coefficient (Wildman–Crippen LogP) is 3.57. The Morgan fingerprint density at radius 1 is 1.33 bits per heavy atom. The van der Waals surface area contributed by atoms with Gasteiger partial charge in [-0.05, 0) is 53.4 Å². The first-order valence-corrected chi connectivity index (χ1v) is 8.12. The number of benzene rings is 1. The van der Waals surface area contributed by atoms with Crippen molar-refractivity contribution in [2.75, 3.05) is 0 Å². The van der Waals surface area contributed by atoms with Crippen molar-refractivity contribution in [1.29, 1.82) is 0 Å². The zero-order chi connectivity index (χ0) is 15.2. The molecule has 1 aromatic heterocycles. The number of aliphatic hydroxyl groups excluding tert-OH is 1. The summed E-state index contributed by atoms with van der Waals surface area (Å²) < 4.78 is 0. The number of nitrogens with one attached hydrogen (secondary N) is 1. The Labute approximate surface area is 133 Å². The average Bonchev–Trinajstić information content (AvgIpc) is 2.98. The number of amides is 1. The number of aryl methyl sites for hydroxylation is 1. The number of halogens is 1.